The molecule has 0 saturated carbocycles. The van der Waals surface area contributed by atoms with E-state index in [4.69, 9.17) is 4.74 Å². The molecule has 0 atom stereocenters. The van der Waals surface area contributed by atoms with E-state index in [1.807, 2.05) is 38.1 Å². The molecule has 0 radical (unpaired) electrons. The van der Waals surface area contributed by atoms with Crippen molar-refractivity contribution < 1.29 is 9.53 Å². The predicted octanol–water partition coefficient (Wildman–Crippen LogP) is 4.08. The number of aryl methyl sites for hydroxylation is 2. The molecule has 0 aliphatic rings. The second-order valence-electron chi connectivity index (χ2n) is 5.48. The second-order valence-corrected chi connectivity index (χ2v) is 7.60. The fraction of sp³-hybridized carbons (Fsp3) is 0.167. The van der Waals surface area contributed by atoms with Crippen LogP contribution in [0.5, 0.6) is 0 Å². The highest BCUT2D eigenvalue weighted by Crippen LogP contribution is 2.27. The number of nitrogens with one attached hydrogen (secondary N) is 1. The molecule has 0 fully saturated rings. The van der Waals surface area contributed by atoms with Crippen molar-refractivity contribution in [2.24, 2.45) is 0 Å². The first kappa shape index (κ1) is 17.6. The van der Waals surface area contributed by atoms with E-state index in [-0.39, 0.29) is 17.0 Å². The van der Waals surface area contributed by atoms with Gasteiger partial charge in [-0.2, -0.15) is 0 Å². The van der Waals surface area contributed by atoms with Gasteiger partial charge in [0.15, 0.2) is 0 Å². The van der Waals surface area contributed by atoms with Gasteiger partial charge in [0.1, 0.15) is 16.2 Å². The normalized spacial score (nSPS) is 11.8. The van der Waals surface area contributed by atoms with Crippen LogP contribution in [-0.2, 0) is 9.53 Å². The summed E-state index contributed by atoms with van der Waals surface area (Å²) in [6.45, 7) is 3.84. The fourth-order valence-electron chi connectivity index (χ4n) is 2.44. The maximum Gasteiger partial charge on any atom is 0.341 e. The number of nitrogens with zero attached hydrogens (tertiary/aromatic N) is 1. The summed E-state index contributed by atoms with van der Waals surface area (Å²) in [5, 5.41) is 0.569. The summed E-state index contributed by atoms with van der Waals surface area (Å²) in [7, 11) is 1.30. The third-order valence-corrected chi connectivity index (χ3v) is 5.51. The Labute approximate surface area is 156 Å². The maximum absolute atomic E-state index is 12.5. The van der Waals surface area contributed by atoms with E-state index in [2.05, 4.69) is 25.9 Å². The molecule has 0 aliphatic heterocycles. The third-order valence-electron chi connectivity index (χ3n) is 3.88. The van der Waals surface area contributed by atoms with E-state index in [0.717, 1.165) is 20.5 Å². The van der Waals surface area contributed by atoms with Crippen molar-refractivity contribution in [1.29, 1.82) is 0 Å². The quantitative estimate of drug-likeness (QED) is 0.513. The van der Waals surface area contributed by atoms with E-state index in [0.29, 0.717) is 10.2 Å². The number of thiophene rings is 1. The smallest absolute Gasteiger partial charge is 0.341 e. The van der Waals surface area contributed by atoms with E-state index < -0.39 is 5.97 Å². The van der Waals surface area contributed by atoms with Crippen LogP contribution in [0.1, 0.15) is 21.8 Å². The van der Waals surface area contributed by atoms with Gasteiger partial charge in [0.05, 0.1) is 12.5 Å². The van der Waals surface area contributed by atoms with Crippen molar-refractivity contribution in [1.82, 2.24) is 9.97 Å². The first-order valence-corrected chi connectivity index (χ1v) is 9.07. The number of H-pyrrole nitrogens is 1. The number of halogens is 1. The molecule has 0 aliphatic carbocycles. The number of aromatic amines is 1. The molecular weight excluding hydrogens is 404 g/mol. The Balaban J connectivity index is 2.20. The average Bonchev–Trinajstić information content (AvgIpc) is 2.88. The molecule has 2 heterocycles. The summed E-state index contributed by atoms with van der Waals surface area (Å²) in [4.78, 5) is 33.6. The van der Waals surface area contributed by atoms with Crippen LogP contribution >= 0.6 is 27.3 Å². The fourth-order valence-corrected chi connectivity index (χ4v) is 3.74. The standard InChI is InChI=1S/C18H15BrN2O3S/c1-9-10(2)25-17-14(9)16(22)20-15(21-17)13(18(23)24-3)8-11-4-6-12(19)7-5-11/h4-8H,1-3H3,(H,20,21,22)/b13-8+. The van der Waals surface area contributed by atoms with Gasteiger partial charge in [-0.05, 0) is 43.2 Å². The lowest BCUT2D eigenvalue weighted by molar-refractivity contribution is -0.133. The molecule has 0 amide bonds. The second kappa shape index (κ2) is 6.93. The van der Waals surface area contributed by atoms with Gasteiger partial charge >= 0.3 is 5.97 Å². The summed E-state index contributed by atoms with van der Waals surface area (Å²) in [6, 6.07) is 7.43. The van der Waals surface area contributed by atoms with Gasteiger partial charge < -0.3 is 9.72 Å². The van der Waals surface area contributed by atoms with Gasteiger partial charge in [-0.1, -0.05) is 28.1 Å². The number of aromatic nitrogens is 2. The number of carbonyl (C=O) groups excluding carboxylic acids is 1. The van der Waals surface area contributed by atoms with E-state index >= 15 is 0 Å². The largest absolute Gasteiger partial charge is 0.465 e. The zero-order chi connectivity index (χ0) is 18.1. The Bertz CT molecular complexity index is 1050. The Morgan fingerprint density at radius 1 is 1.28 bits per heavy atom. The van der Waals surface area contributed by atoms with Crippen LogP contribution in [0, 0.1) is 13.8 Å². The van der Waals surface area contributed by atoms with Crippen LogP contribution in [0.25, 0.3) is 21.9 Å². The van der Waals surface area contributed by atoms with Crippen molar-refractivity contribution >= 4 is 55.1 Å². The Morgan fingerprint density at radius 3 is 2.60 bits per heavy atom. The summed E-state index contributed by atoms with van der Waals surface area (Å²) in [5.41, 5.74) is 1.65. The molecular formula is C18H15BrN2O3S. The molecule has 0 unspecified atom stereocenters. The molecule has 0 saturated heterocycles. The number of rotatable bonds is 3. The number of fused-ring (bicyclic) bond motifs is 1. The lowest BCUT2D eigenvalue weighted by atomic mass is 10.1. The molecule has 128 valence electrons. The van der Waals surface area contributed by atoms with E-state index in [1.165, 1.54) is 18.4 Å². The van der Waals surface area contributed by atoms with Gasteiger partial charge in [0.25, 0.3) is 5.56 Å². The number of carbonyl (C=O) groups is 1. The summed E-state index contributed by atoms with van der Waals surface area (Å²) >= 11 is 4.81. The topological polar surface area (TPSA) is 72.0 Å². The first-order chi connectivity index (χ1) is 11.9. The van der Waals surface area contributed by atoms with Crippen LogP contribution in [-0.4, -0.2) is 23.0 Å². The SMILES string of the molecule is COC(=O)/C(=C/c1ccc(Br)cc1)c1nc2sc(C)c(C)c2c(=O)[nH]1. The van der Waals surface area contributed by atoms with E-state index in [9.17, 15) is 9.59 Å². The Morgan fingerprint density at radius 2 is 1.96 bits per heavy atom. The summed E-state index contributed by atoms with van der Waals surface area (Å²) < 4.78 is 5.80. The monoisotopic (exact) mass is 418 g/mol. The van der Waals surface area contributed by atoms with Crippen molar-refractivity contribution in [3.8, 4) is 0 Å². The van der Waals surface area contributed by atoms with Crippen LogP contribution in [0.3, 0.4) is 0 Å². The van der Waals surface area contributed by atoms with Crippen molar-refractivity contribution in [2.75, 3.05) is 7.11 Å². The van der Waals surface area contributed by atoms with E-state index in [1.54, 1.807) is 6.08 Å². The minimum Gasteiger partial charge on any atom is -0.465 e. The third kappa shape index (κ3) is 3.43. The highest BCUT2D eigenvalue weighted by molar-refractivity contribution is 9.10. The molecule has 1 N–H and O–H groups in total. The summed E-state index contributed by atoms with van der Waals surface area (Å²) in [5.74, 6) is -0.357. The van der Waals surface area contributed by atoms with Crippen molar-refractivity contribution in [3.05, 3.63) is 60.9 Å². The molecule has 3 aromatic rings. The van der Waals surface area contributed by atoms with Gasteiger partial charge in [-0.25, -0.2) is 9.78 Å². The maximum atomic E-state index is 12.5. The molecule has 7 heteroatoms. The predicted molar refractivity (Wildman–Crippen MR) is 104 cm³/mol. The number of esters is 1. The zero-order valence-corrected chi connectivity index (χ0v) is 16.2. The molecule has 0 spiro atoms. The summed E-state index contributed by atoms with van der Waals surface area (Å²) in [6.07, 6.45) is 1.65. The number of ether oxygens (including phenoxy) is 1. The lowest BCUT2D eigenvalue weighted by Crippen LogP contribution is -2.15. The number of hydrogen-bond donors (Lipinski definition) is 1. The first-order valence-electron chi connectivity index (χ1n) is 7.46. The number of benzene rings is 1. The lowest BCUT2D eigenvalue weighted by Gasteiger charge is -2.06. The molecule has 5 nitrogen and oxygen atoms in total. The minimum absolute atomic E-state index is 0.201. The van der Waals surface area contributed by atoms with Gasteiger partial charge in [0, 0.05) is 9.35 Å². The molecule has 3 rings (SSSR count). The zero-order valence-electron chi connectivity index (χ0n) is 13.8. The van der Waals surface area contributed by atoms with Gasteiger partial charge in [-0.3, -0.25) is 4.79 Å². The molecule has 25 heavy (non-hydrogen) atoms. The number of hydrogen-bond acceptors (Lipinski definition) is 5. The van der Waals surface area contributed by atoms with Crippen LogP contribution in [0.15, 0.2) is 33.5 Å². The van der Waals surface area contributed by atoms with Gasteiger partial charge in [-0.15, -0.1) is 11.3 Å². The van der Waals surface area contributed by atoms with Crippen LogP contribution < -0.4 is 5.56 Å². The van der Waals surface area contributed by atoms with Crippen molar-refractivity contribution in [3.63, 3.8) is 0 Å². The average molecular weight is 419 g/mol. The van der Waals surface area contributed by atoms with Crippen LogP contribution in [0.2, 0.25) is 0 Å². The highest BCUT2D eigenvalue weighted by atomic mass is 79.9. The molecule has 2 aromatic heterocycles. The number of methoxy groups -OCH3 is 1. The minimum atomic E-state index is -0.560. The van der Waals surface area contributed by atoms with Gasteiger partial charge in [0.2, 0.25) is 0 Å². The molecule has 1 aromatic carbocycles. The van der Waals surface area contributed by atoms with Crippen LogP contribution in [0.4, 0.5) is 0 Å². The van der Waals surface area contributed by atoms with Crippen molar-refractivity contribution in [2.45, 2.75) is 13.8 Å². The Hall–Kier alpha value is -2.25. The highest BCUT2D eigenvalue weighted by Gasteiger charge is 2.19. The Kier molecular flexibility index (Phi) is 4.87. The molecule has 0 bridgehead atoms.